The monoisotopic (exact) mass is 430 g/mol. The second kappa shape index (κ2) is 7.56. The molecule has 1 aliphatic heterocycles. The van der Waals surface area contributed by atoms with Crippen molar-refractivity contribution in [3.8, 4) is 0 Å². The number of hydrogen-bond donors (Lipinski definition) is 2. The van der Waals surface area contributed by atoms with Crippen LogP contribution in [-0.2, 0) is 17.6 Å². The number of ketones is 1. The van der Waals surface area contributed by atoms with Crippen molar-refractivity contribution in [2.24, 2.45) is 0 Å². The number of rotatable bonds is 5. The molecule has 2 N–H and O–H groups in total. The van der Waals surface area contributed by atoms with Crippen molar-refractivity contribution in [2.75, 3.05) is 0 Å². The van der Waals surface area contributed by atoms with Crippen LogP contribution in [0.5, 0.6) is 0 Å². The molecule has 2 aromatic carbocycles. The van der Waals surface area contributed by atoms with Gasteiger partial charge in [0.25, 0.3) is 0 Å². The Morgan fingerprint density at radius 2 is 1.97 bits per heavy atom. The Hall–Kier alpha value is -4.07. The van der Waals surface area contributed by atoms with Gasteiger partial charge in [-0.25, -0.2) is 9.18 Å². The number of nitrogens with zero attached hydrogens (tertiary/aromatic N) is 3. The normalized spacial score (nSPS) is 15.8. The smallest absolute Gasteiger partial charge is 0.339 e. The topological polar surface area (TPSA) is 101 Å². The van der Waals surface area contributed by atoms with Gasteiger partial charge < -0.3 is 5.11 Å². The van der Waals surface area contributed by atoms with E-state index >= 15 is 0 Å². The van der Waals surface area contributed by atoms with Crippen LogP contribution in [-0.4, -0.2) is 36.8 Å². The maximum absolute atomic E-state index is 13.6. The summed E-state index contributed by atoms with van der Waals surface area (Å²) in [6.45, 7) is 1.84. The highest BCUT2D eigenvalue weighted by atomic mass is 19.1. The lowest BCUT2D eigenvalue weighted by molar-refractivity contribution is -0.115. The van der Waals surface area contributed by atoms with E-state index in [1.165, 1.54) is 18.3 Å². The summed E-state index contributed by atoms with van der Waals surface area (Å²) in [6, 6.07) is 10.9. The zero-order valence-corrected chi connectivity index (χ0v) is 17.2. The van der Waals surface area contributed by atoms with Gasteiger partial charge in [-0.1, -0.05) is 23.8 Å². The zero-order chi connectivity index (χ0) is 22.4. The van der Waals surface area contributed by atoms with Crippen LogP contribution < -0.4 is 0 Å². The van der Waals surface area contributed by atoms with Crippen molar-refractivity contribution in [1.29, 1.82) is 0 Å². The Bertz CT molecular complexity index is 1400. The molecular weight excluding hydrogens is 411 g/mol. The Morgan fingerprint density at radius 3 is 2.72 bits per heavy atom. The first-order valence-electron chi connectivity index (χ1n) is 10.1. The average Bonchev–Trinajstić information content (AvgIpc) is 3.39. The molecule has 4 aromatic rings. The highest BCUT2D eigenvalue weighted by Crippen LogP contribution is 2.37. The van der Waals surface area contributed by atoms with Crippen molar-refractivity contribution < 1.29 is 19.1 Å². The molecule has 0 bridgehead atoms. The summed E-state index contributed by atoms with van der Waals surface area (Å²) in [7, 11) is 0. The van der Waals surface area contributed by atoms with Crippen LogP contribution in [0.4, 0.5) is 4.39 Å². The lowest BCUT2D eigenvalue weighted by atomic mass is 9.85. The molecule has 0 radical (unpaired) electrons. The molecule has 0 amide bonds. The van der Waals surface area contributed by atoms with Gasteiger partial charge in [0.15, 0.2) is 5.78 Å². The maximum Gasteiger partial charge on any atom is 0.339 e. The second-order valence-corrected chi connectivity index (χ2v) is 7.97. The first-order chi connectivity index (χ1) is 15.4. The molecule has 0 saturated heterocycles. The molecular formula is C24H19FN4O3. The number of halogens is 1. The molecule has 5 rings (SSSR count). The van der Waals surface area contributed by atoms with Gasteiger partial charge in [0.05, 0.1) is 23.6 Å². The number of aromatic carboxylic acids is 1. The SMILES string of the molecule is CC1=C(C(=O)Cc2ccc3[nH]ncc3c2)C(c2ccc(F)cc2)n2ncc(C(=O)O)c2C1. The Morgan fingerprint density at radius 1 is 1.19 bits per heavy atom. The standard InChI is InChI=1S/C24H19FN4O3/c1-13-8-20-18(24(31)32)12-27-29(20)23(15-3-5-17(25)6-4-15)22(13)21(30)10-14-2-7-19-16(9-14)11-26-28-19/h2-7,9,11-12,23H,8,10H2,1H3,(H,26,28)(H,31,32). The first kappa shape index (κ1) is 19.9. The number of allylic oxidation sites excluding steroid dienone is 2. The third kappa shape index (κ3) is 3.30. The van der Waals surface area contributed by atoms with E-state index in [1.807, 2.05) is 25.1 Å². The van der Waals surface area contributed by atoms with Gasteiger partial charge in [0.2, 0.25) is 0 Å². The van der Waals surface area contributed by atoms with E-state index in [-0.39, 0.29) is 17.8 Å². The van der Waals surface area contributed by atoms with Gasteiger partial charge in [0, 0.05) is 23.8 Å². The number of carboxylic acids is 1. The largest absolute Gasteiger partial charge is 0.478 e. The van der Waals surface area contributed by atoms with Crippen LogP contribution in [0, 0.1) is 5.82 Å². The fourth-order valence-corrected chi connectivity index (χ4v) is 4.39. The summed E-state index contributed by atoms with van der Waals surface area (Å²) < 4.78 is 15.2. The number of nitrogens with one attached hydrogen (secondary N) is 1. The van der Waals surface area contributed by atoms with Gasteiger partial charge in [-0.15, -0.1) is 0 Å². The molecule has 1 atom stereocenters. The van der Waals surface area contributed by atoms with E-state index in [1.54, 1.807) is 23.0 Å². The Balaban J connectivity index is 1.58. The molecule has 160 valence electrons. The molecule has 0 spiro atoms. The van der Waals surface area contributed by atoms with E-state index < -0.39 is 17.8 Å². The number of carbonyl (C=O) groups is 2. The summed E-state index contributed by atoms with van der Waals surface area (Å²) in [6.07, 6.45) is 3.50. The summed E-state index contributed by atoms with van der Waals surface area (Å²) in [5.74, 6) is -1.55. The number of aromatic amines is 1. The van der Waals surface area contributed by atoms with Crippen molar-refractivity contribution >= 4 is 22.7 Å². The van der Waals surface area contributed by atoms with Crippen molar-refractivity contribution in [3.05, 3.63) is 94.2 Å². The summed E-state index contributed by atoms with van der Waals surface area (Å²) in [4.78, 5) is 25.2. The van der Waals surface area contributed by atoms with Gasteiger partial charge in [0.1, 0.15) is 17.4 Å². The number of aromatic nitrogens is 4. The van der Waals surface area contributed by atoms with Crippen LogP contribution in [0.25, 0.3) is 10.9 Å². The lowest BCUT2D eigenvalue weighted by Crippen LogP contribution is -2.28. The van der Waals surface area contributed by atoms with Crippen LogP contribution in [0.15, 0.2) is 66.0 Å². The van der Waals surface area contributed by atoms with Gasteiger partial charge in [-0.2, -0.15) is 10.2 Å². The second-order valence-electron chi connectivity index (χ2n) is 7.97. The minimum absolute atomic E-state index is 0.0855. The molecule has 0 fully saturated rings. The number of carbonyl (C=O) groups excluding carboxylic acids is 1. The molecule has 1 aliphatic rings. The minimum atomic E-state index is -1.07. The number of Topliss-reactive ketones (excluding diaryl/α,β-unsaturated/α-hetero) is 1. The average molecular weight is 430 g/mol. The van der Waals surface area contributed by atoms with Crippen LogP contribution >= 0.6 is 0 Å². The predicted octanol–water partition coefficient (Wildman–Crippen LogP) is 3.87. The molecule has 3 heterocycles. The first-order valence-corrected chi connectivity index (χ1v) is 10.1. The van der Waals surface area contributed by atoms with E-state index in [0.29, 0.717) is 23.3 Å². The highest BCUT2D eigenvalue weighted by Gasteiger charge is 2.34. The van der Waals surface area contributed by atoms with E-state index in [4.69, 9.17) is 0 Å². The molecule has 7 nitrogen and oxygen atoms in total. The van der Waals surface area contributed by atoms with Gasteiger partial charge >= 0.3 is 5.97 Å². The van der Waals surface area contributed by atoms with E-state index in [9.17, 15) is 19.1 Å². The molecule has 1 unspecified atom stereocenters. The number of H-pyrrole nitrogens is 1. The molecule has 32 heavy (non-hydrogen) atoms. The zero-order valence-electron chi connectivity index (χ0n) is 17.2. The molecule has 8 heteroatoms. The van der Waals surface area contributed by atoms with Crippen LogP contribution in [0.2, 0.25) is 0 Å². The number of fused-ring (bicyclic) bond motifs is 2. The quantitative estimate of drug-likeness (QED) is 0.501. The van der Waals surface area contributed by atoms with Crippen molar-refractivity contribution in [2.45, 2.75) is 25.8 Å². The molecule has 0 saturated carbocycles. The van der Waals surface area contributed by atoms with Crippen molar-refractivity contribution in [3.63, 3.8) is 0 Å². The minimum Gasteiger partial charge on any atom is -0.478 e. The lowest BCUT2D eigenvalue weighted by Gasteiger charge is -2.29. The number of hydrogen-bond acceptors (Lipinski definition) is 4. The third-order valence-corrected chi connectivity index (χ3v) is 5.89. The third-order valence-electron chi connectivity index (χ3n) is 5.89. The Labute approximate surface area is 182 Å². The Kier molecular flexibility index (Phi) is 4.70. The fraction of sp³-hybridized carbons (Fsp3) is 0.167. The maximum atomic E-state index is 13.6. The summed E-state index contributed by atoms with van der Waals surface area (Å²) in [5, 5.41) is 21.7. The molecule has 0 aliphatic carbocycles. The molecule has 2 aromatic heterocycles. The highest BCUT2D eigenvalue weighted by molar-refractivity contribution is 6.00. The summed E-state index contributed by atoms with van der Waals surface area (Å²) in [5.41, 5.74) is 4.37. The van der Waals surface area contributed by atoms with Gasteiger partial charge in [-0.05, 0) is 42.3 Å². The van der Waals surface area contributed by atoms with E-state index in [2.05, 4.69) is 15.3 Å². The van der Waals surface area contributed by atoms with Crippen molar-refractivity contribution in [1.82, 2.24) is 20.0 Å². The predicted molar refractivity (Wildman–Crippen MR) is 115 cm³/mol. The van der Waals surface area contributed by atoms with Crippen LogP contribution in [0.1, 0.15) is 40.1 Å². The number of benzene rings is 2. The number of carboxylic acid groups (broad SMARTS) is 1. The fourth-order valence-electron chi connectivity index (χ4n) is 4.39. The van der Waals surface area contributed by atoms with Crippen LogP contribution in [0.3, 0.4) is 0 Å². The van der Waals surface area contributed by atoms with E-state index in [0.717, 1.165) is 22.0 Å². The summed E-state index contributed by atoms with van der Waals surface area (Å²) >= 11 is 0. The van der Waals surface area contributed by atoms with Gasteiger partial charge in [-0.3, -0.25) is 14.6 Å².